The van der Waals surface area contributed by atoms with E-state index in [2.05, 4.69) is 9.97 Å². The van der Waals surface area contributed by atoms with E-state index in [1.807, 2.05) is 20.8 Å². The molecule has 8 nitrogen and oxygen atoms in total. The third-order valence-corrected chi connectivity index (χ3v) is 3.39. The van der Waals surface area contributed by atoms with E-state index in [0.717, 1.165) is 13.0 Å². The van der Waals surface area contributed by atoms with Crippen LogP contribution in [-0.4, -0.2) is 60.0 Å². The van der Waals surface area contributed by atoms with Crippen LogP contribution in [0, 0.1) is 0 Å². The summed E-state index contributed by atoms with van der Waals surface area (Å²) in [7, 11) is 3.13. The molecule has 1 aromatic rings. The number of carbonyl (C=O) groups is 1. The first-order valence-corrected chi connectivity index (χ1v) is 7.86. The minimum Gasteiger partial charge on any atom is -0.490 e. The molecule has 0 radical (unpaired) electrons. The van der Waals surface area contributed by atoms with Gasteiger partial charge in [-0.2, -0.15) is 0 Å². The van der Waals surface area contributed by atoms with Crippen LogP contribution in [0.15, 0.2) is 6.33 Å². The van der Waals surface area contributed by atoms with Gasteiger partial charge in [0, 0.05) is 13.7 Å². The van der Waals surface area contributed by atoms with Crippen LogP contribution in [0.4, 0.5) is 10.6 Å². The zero-order chi connectivity index (χ0) is 18.3. The third kappa shape index (κ3) is 6.37. The van der Waals surface area contributed by atoms with E-state index in [4.69, 9.17) is 31.5 Å². The molecule has 0 spiro atoms. The molecule has 24 heavy (non-hydrogen) atoms. The van der Waals surface area contributed by atoms with Crippen LogP contribution in [0.3, 0.4) is 0 Å². The van der Waals surface area contributed by atoms with Crippen LogP contribution in [-0.2, 0) is 9.47 Å². The molecule has 0 saturated carbocycles. The van der Waals surface area contributed by atoms with Crippen molar-refractivity contribution in [1.82, 2.24) is 14.9 Å². The average Bonchev–Trinajstić information content (AvgIpc) is 2.95. The minimum absolute atomic E-state index is 0.169. The predicted octanol–water partition coefficient (Wildman–Crippen LogP) is 2.36. The number of aromatic nitrogens is 2. The number of carbonyl (C=O) groups excluding carboxylic acids is 1. The van der Waals surface area contributed by atoms with Crippen LogP contribution in [0.5, 0.6) is 5.75 Å². The standard InChI is InChI=1S/C10H19NO3.C5H6ClN3O/c1-10(2,3)14-9(12)11-6-5-8(7-11)13-4;1-10-3-4(6)8-2-9-5(3)7/h8H,5-7H2,1-4H3;2H,1H3,(H2,7,8,9). The zero-order valence-corrected chi connectivity index (χ0v) is 15.5. The maximum atomic E-state index is 11.6. The van der Waals surface area contributed by atoms with Crippen molar-refractivity contribution in [2.75, 3.05) is 33.0 Å². The Kier molecular flexibility index (Phi) is 7.50. The highest BCUT2D eigenvalue weighted by molar-refractivity contribution is 6.31. The second-order valence-corrected chi connectivity index (χ2v) is 6.51. The van der Waals surface area contributed by atoms with Crippen LogP contribution in [0.1, 0.15) is 27.2 Å². The summed E-state index contributed by atoms with van der Waals surface area (Å²) in [5.74, 6) is 0.576. The molecule has 0 aromatic carbocycles. The molecule has 9 heteroatoms. The van der Waals surface area contributed by atoms with Crippen molar-refractivity contribution in [2.24, 2.45) is 0 Å². The number of likely N-dealkylation sites (tertiary alicyclic amines) is 1. The SMILES string of the molecule is COC1CCN(C(=O)OC(C)(C)C)C1.COc1c(N)ncnc1Cl. The molecular weight excluding hydrogens is 336 g/mol. The van der Waals surface area contributed by atoms with Gasteiger partial charge in [-0.05, 0) is 27.2 Å². The summed E-state index contributed by atoms with van der Waals surface area (Å²) in [5.41, 5.74) is 4.96. The zero-order valence-electron chi connectivity index (χ0n) is 14.7. The lowest BCUT2D eigenvalue weighted by molar-refractivity contribution is 0.0253. The van der Waals surface area contributed by atoms with Gasteiger partial charge in [0.05, 0.1) is 19.8 Å². The lowest BCUT2D eigenvalue weighted by Gasteiger charge is -2.24. The monoisotopic (exact) mass is 360 g/mol. The summed E-state index contributed by atoms with van der Waals surface area (Å²) in [6, 6.07) is 0. The fourth-order valence-electron chi connectivity index (χ4n) is 1.97. The Morgan fingerprint density at radius 2 is 2.04 bits per heavy atom. The van der Waals surface area contributed by atoms with Gasteiger partial charge in [-0.15, -0.1) is 0 Å². The number of ether oxygens (including phenoxy) is 3. The maximum Gasteiger partial charge on any atom is 0.410 e. The highest BCUT2D eigenvalue weighted by atomic mass is 35.5. The van der Waals surface area contributed by atoms with Crippen molar-refractivity contribution in [3.05, 3.63) is 11.5 Å². The Morgan fingerprint density at radius 1 is 1.38 bits per heavy atom. The molecule has 0 bridgehead atoms. The summed E-state index contributed by atoms with van der Waals surface area (Å²) < 4.78 is 15.2. The van der Waals surface area contributed by atoms with Gasteiger partial charge in [-0.3, -0.25) is 0 Å². The van der Waals surface area contributed by atoms with Crippen LogP contribution < -0.4 is 10.5 Å². The summed E-state index contributed by atoms with van der Waals surface area (Å²) in [6.45, 7) is 6.98. The highest BCUT2D eigenvalue weighted by Crippen LogP contribution is 2.25. The first-order valence-electron chi connectivity index (χ1n) is 7.48. The van der Waals surface area contributed by atoms with Gasteiger partial charge in [0.2, 0.25) is 0 Å². The quantitative estimate of drug-likeness (QED) is 0.808. The number of methoxy groups -OCH3 is 2. The van der Waals surface area contributed by atoms with Crippen molar-refractivity contribution >= 4 is 23.5 Å². The summed E-state index contributed by atoms with van der Waals surface area (Å²) >= 11 is 5.57. The number of nitrogens with two attached hydrogens (primary N) is 1. The van der Waals surface area contributed by atoms with Crippen molar-refractivity contribution < 1.29 is 19.0 Å². The van der Waals surface area contributed by atoms with E-state index < -0.39 is 5.60 Å². The normalized spacial score (nSPS) is 17.1. The highest BCUT2D eigenvalue weighted by Gasteiger charge is 2.29. The van der Waals surface area contributed by atoms with Crippen LogP contribution in [0.2, 0.25) is 5.15 Å². The number of hydrogen-bond donors (Lipinski definition) is 1. The number of halogens is 1. The van der Waals surface area contributed by atoms with E-state index >= 15 is 0 Å². The number of anilines is 1. The molecule has 1 aliphatic rings. The van der Waals surface area contributed by atoms with E-state index in [0.29, 0.717) is 12.3 Å². The van der Waals surface area contributed by atoms with E-state index in [-0.39, 0.29) is 23.2 Å². The van der Waals surface area contributed by atoms with Gasteiger partial charge in [-0.1, -0.05) is 11.6 Å². The van der Waals surface area contributed by atoms with Crippen molar-refractivity contribution in [1.29, 1.82) is 0 Å². The smallest absolute Gasteiger partial charge is 0.410 e. The summed E-state index contributed by atoms with van der Waals surface area (Å²) in [5, 5.41) is 0.231. The second-order valence-electron chi connectivity index (χ2n) is 6.16. The maximum absolute atomic E-state index is 11.6. The van der Waals surface area contributed by atoms with Gasteiger partial charge < -0.3 is 24.8 Å². The van der Waals surface area contributed by atoms with E-state index in [1.54, 1.807) is 12.0 Å². The lowest BCUT2D eigenvalue weighted by Crippen LogP contribution is -2.35. The van der Waals surface area contributed by atoms with Gasteiger partial charge in [-0.25, -0.2) is 14.8 Å². The molecule has 1 saturated heterocycles. The number of rotatable bonds is 2. The molecule has 2 N–H and O–H groups in total. The Morgan fingerprint density at radius 3 is 2.46 bits per heavy atom. The second kappa shape index (κ2) is 8.89. The molecule has 1 atom stereocenters. The van der Waals surface area contributed by atoms with Crippen molar-refractivity contribution in [3.8, 4) is 5.75 Å². The predicted molar refractivity (Wildman–Crippen MR) is 91.2 cm³/mol. The molecule has 1 aliphatic heterocycles. The molecule has 2 rings (SSSR count). The van der Waals surface area contributed by atoms with Crippen molar-refractivity contribution in [3.63, 3.8) is 0 Å². The molecule has 2 heterocycles. The average molecular weight is 361 g/mol. The van der Waals surface area contributed by atoms with E-state index in [1.165, 1.54) is 13.4 Å². The number of nitrogen functional groups attached to an aromatic ring is 1. The largest absolute Gasteiger partial charge is 0.490 e. The molecule has 136 valence electrons. The number of hydrogen-bond acceptors (Lipinski definition) is 7. The Hall–Kier alpha value is -1.80. The Bertz CT molecular complexity index is 531. The molecular formula is C15H25ClN4O4. The molecule has 1 amide bonds. The number of nitrogens with zero attached hydrogens (tertiary/aromatic N) is 3. The lowest BCUT2D eigenvalue weighted by atomic mass is 10.2. The first-order chi connectivity index (χ1) is 11.2. The molecule has 1 aromatic heterocycles. The first kappa shape index (κ1) is 20.2. The fourth-order valence-corrected chi connectivity index (χ4v) is 2.18. The third-order valence-electron chi connectivity index (χ3n) is 3.12. The van der Waals surface area contributed by atoms with Gasteiger partial charge >= 0.3 is 6.09 Å². The summed E-state index contributed by atoms with van der Waals surface area (Å²) in [6.07, 6.45) is 2.11. The van der Waals surface area contributed by atoms with Crippen molar-refractivity contribution in [2.45, 2.75) is 38.9 Å². The minimum atomic E-state index is -0.414. The molecule has 1 fully saturated rings. The number of amides is 1. The Labute approximate surface area is 147 Å². The van der Waals surface area contributed by atoms with E-state index in [9.17, 15) is 4.79 Å². The Balaban J connectivity index is 0.000000254. The van der Waals surface area contributed by atoms with Crippen LogP contribution in [0.25, 0.3) is 0 Å². The molecule has 1 unspecified atom stereocenters. The summed E-state index contributed by atoms with van der Waals surface area (Å²) in [4.78, 5) is 20.6. The van der Waals surface area contributed by atoms with Crippen LogP contribution >= 0.6 is 11.6 Å². The fraction of sp³-hybridized carbons (Fsp3) is 0.667. The van der Waals surface area contributed by atoms with Gasteiger partial charge in [0.25, 0.3) is 0 Å². The van der Waals surface area contributed by atoms with Gasteiger partial charge in [0.15, 0.2) is 16.7 Å². The molecule has 0 aliphatic carbocycles. The van der Waals surface area contributed by atoms with Gasteiger partial charge in [0.1, 0.15) is 11.9 Å². The topological polar surface area (TPSA) is 99.8 Å².